The Balaban J connectivity index is 3.08. The van der Waals surface area contributed by atoms with Gasteiger partial charge >= 0.3 is 5.97 Å². The van der Waals surface area contributed by atoms with Gasteiger partial charge in [-0.15, -0.1) is 0 Å². The molecule has 98 valence electrons. The van der Waals surface area contributed by atoms with E-state index in [4.69, 9.17) is 21.4 Å². The number of benzene rings is 1. The summed E-state index contributed by atoms with van der Waals surface area (Å²) in [5.41, 5.74) is 0.471. The predicted octanol–water partition coefficient (Wildman–Crippen LogP) is 2.18. The second-order valence-corrected chi connectivity index (χ2v) is 4.07. The van der Waals surface area contributed by atoms with Crippen LogP contribution in [0.3, 0.4) is 0 Å². The fourth-order valence-corrected chi connectivity index (χ4v) is 1.70. The summed E-state index contributed by atoms with van der Waals surface area (Å²) in [4.78, 5) is 23.5. The maximum Gasteiger partial charge on any atom is 0.305 e. The molecule has 0 heterocycles. The smallest absolute Gasteiger partial charge is 0.305 e. The number of carboxylic acids is 1. The van der Waals surface area contributed by atoms with Gasteiger partial charge in [0.15, 0.2) is 0 Å². The number of amides is 1. The first-order valence-electron chi connectivity index (χ1n) is 5.29. The Labute approximate surface area is 110 Å². The molecule has 1 N–H and O–H groups in total. The predicted molar refractivity (Wildman–Crippen MR) is 68.3 cm³/mol. The third-order valence-corrected chi connectivity index (χ3v) is 2.60. The molecule has 0 spiro atoms. The van der Waals surface area contributed by atoms with Crippen molar-refractivity contribution in [3.63, 3.8) is 0 Å². The average molecular weight is 272 g/mol. The fourth-order valence-electron chi connectivity index (χ4n) is 1.53. The van der Waals surface area contributed by atoms with Crippen LogP contribution in [0.2, 0.25) is 5.02 Å². The second kappa shape index (κ2) is 6.26. The van der Waals surface area contributed by atoms with Crippen molar-refractivity contribution in [2.24, 2.45) is 0 Å². The summed E-state index contributed by atoms with van der Waals surface area (Å²) in [6, 6.07) is 4.84. The number of halogens is 1. The third-order valence-electron chi connectivity index (χ3n) is 2.36. The van der Waals surface area contributed by atoms with Crippen LogP contribution in [0.1, 0.15) is 13.3 Å². The number of ether oxygens (including phenoxy) is 1. The van der Waals surface area contributed by atoms with Crippen LogP contribution in [0, 0.1) is 0 Å². The molecule has 1 aromatic rings. The molecule has 6 heteroatoms. The molecule has 0 fully saturated rings. The van der Waals surface area contributed by atoms with E-state index in [1.54, 1.807) is 18.2 Å². The molecule has 0 atom stereocenters. The van der Waals surface area contributed by atoms with E-state index in [1.807, 2.05) is 0 Å². The van der Waals surface area contributed by atoms with Crippen LogP contribution in [-0.2, 0) is 9.59 Å². The second-order valence-electron chi connectivity index (χ2n) is 3.63. The number of carbonyl (C=O) groups excluding carboxylic acids is 1. The molecule has 0 saturated heterocycles. The van der Waals surface area contributed by atoms with Gasteiger partial charge in [-0.05, 0) is 18.2 Å². The number of hydrogen-bond donors (Lipinski definition) is 1. The van der Waals surface area contributed by atoms with Crippen LogP contribution in [0.4, 0.5) is 5.69 Å². The molecule has 0 saturated carbocycles. The molecule has 0 unspecified atom stereocenters. The molecular weight excluding hydrogens is 258 g/mol. The zero-order chi connectivity index (χ0) is 13.7. The van der Waals surface area contributed by atoms with Crippen molar-refractivity contribution in [2.75, 3.05) is 18.6 Å². The number of methoxy groups -OCH3 is 1. The van der Waals surface area contributed by atoms with Gasteiger partial charge < -0.3 is 14.7 Å². The Kier molecular flexibility index (Phi) is 4.97. The largest absolute Gasteiger partial charge is 0.495 e. The van der Waals surface area contributed by atoms with Crippen LogP contribution in [0.5, 0.6) is 5.75 Å². The lowest BCUT2D eigenvalue weighted by molar-refractivity contribution is -0.136. The zero-order valence-electron chi connectivity index (χ0n) is 10.1. The molecule has 1 rings (SSSR count). The van der Waals surface area contributed by atoms with Gasteiger partial charge in [-0.25, -0.2) is 0 Å². The summed E-state index contributed by atoms with van der Waals surface area (Å²) < 4.78 is 5.14. The zero-order valence-corrected chi connectivity index (χ0v) is 10.9. The Morgan fingerprint density at radius 1 is 1.44 bits per heavy atom. The number of aliphatic carboxylic acids is 1. The Morgan fingerprint density at radius 3 is 2.61 bits per heavy atom. The van der Waals surface area contributed by atoms with E-state index >= 15 is 0 Å². The Bertz CT molecular complexity index is 461. The van der Waals surface area contributed by atoms with Crippen molar-refractivity contribution in [3.8, 4) is 5.75 Å². The van der Waals surface area contributed by atoms with Crippen LogP contribution in [0.15, 0.2) is 18.2 Å². The van der Waals surface area contributed by atoms with E-state index in [-0.39, 0.29) is 18.9 Å². The molecule has 0 aromatic heterocycles. The van der Waals surface area contributed by atoms with Gasteiger partial charge in [0.1, 0.15) is 5.75 Å². The van der Waals surface area contributed by atoms with Gasteiger partial charge in [0.25, 0.3) is 0 Å². The van der Waals surface area contributed by atoms with E-state index in [0.29, 0.717) is 16.5 Å². The minimum atomic E-state index is -0.970. The summed E-state index contributed by atoms with van der Waals surface area (Å²) in [6.45, 7) is 1.43. The molecule has 0 bridgehead atoms. The SMILES string of the molecule is COc1ccc(Cl)cc1N(CCC(=O)O)C(C)=O. The minimum Gasteiger partial charge on any atom is -0.495 e. The fraction of sp³-hybridized carbons (Fsp3) is 0.333. The first-order chi connectivity index (χ1) is 8.45. The highest BCUT2D eigenvalue weighted by molar-refractivity contribution is 6.31. The van der Waals surface area contributed by atoms with Crippen molar-refractivity contribution in [1.29, 1.82) is 0 Å². The van der Waals surface area contributed by atoms with E-state index in [9.17, 15) is 9.59 Å². The normalized spacial score (nSPS) is 9.94. The van der Waals surface area contributed by atoms with Crippen molar-refractivity contribution in [3.05, 3.63) is 23.2 Å². The van der Waals surface area contributed by atoms with E-state index in [1.165, 1.54) is 18.9 Å². The molecule has 0 aliphatic rings. The molecule has 0 aliphatic carbocycles. The summed E-state index contributed by atoms with van der Waals surface area (Å²) >= 11 is 5.88. The van der Waals surface area contributed by atoms with Crippen molar-refractivity contribution < 1.29 is 19.4 Å². The maximum atomic E-state index is 11.6. The molecule has 1 amide bonds. The highest BCUT2D eigenvalue weighted by Gasteiger charge is 2.17. The average Bonchev–Trinajstić information content (AvgIpc) is 2.28. The number of carbonyl (C=O) groups is 2. The van der Waals surface area contributed by atoms with E-state index in [0.717, 1.165) is 0 Å². The lowest BCUT2D eigenvalue weighted by Crippen LogP contribution is -2.31. The summed E-state index contributed by atoms with van der Waals surface area (Å²) in [5, 5.41) is 9.13. The van der Waals surface area contributed by atoms with Crippen LogP contribution < -0.4 is 9.64 Å². The molecule has 18 heavy (non-hydrogen) atoms. The molecule has 0 radical (unpaired) electrons. The number of rotatable bonds is 5. The molecule has 0 aliphatic heterocycles. The van der Waals surface area contributed by atoms with Gasteiger partial charge in [-0.3, -0.25) is 9.59 Å². The summed E-state index contributed by atoms with van der Waals surface area (Å²) in [5.74, 6) is -0.765. The lowest BCUT2D eigenvalue weighted by Gasteiger charge is -2.22. The highest BCUT2D eigenvalue weighted by Crippen LogP contribution is 2.31. The number of nitrogens with zero attached hydrogens (tertiary/aromatic N) is 1. The third kappa shape index (κ3) is 3.63. The Morgan fingerprint density at radius 2 is 2.11 bits per heavy atom. The van der Waals surface area contributed by atoms with Crippen LogP contribution >= 0.6 is 11.6 Å². The first-order valence-corrected chi connectivity index (χ1v) is 5.67. The topological polar surface area (TPSA) is 66.8 Å². The lowest BCUT2D eigenvalue weighted by atomic mass is 10.2. The monoisotopic (exact) mass is 271 g/mol. The van der Waals surface area contributed by atoms with E-state index < -0.39 is 5.97 Å². The number of anilines is 1. The van der Waals surface area contributed by atoms with Gasteiger partial charge in [-0.1, -0.05) is 11.6 Å². The molecule has 1 aromatic carbocycles. The molecule has 5 nitrogen and oxygen atoms in total. The van der Waals surface area contributed by atoms with E-state index in [2.05, 4.69) is 0 Å². The van der Waals surface area contributed by atoms with Crippen LogP contribution in [-0.4, -0.2) is 30.6 Å². The van der Waals surface area contributed by atoms with Crippen molar-refractivity contribution >= 4 is 29.2 Å². The maximum absolute atomic E-state index is 11.6. The Hall–Kier alpha value is -1.75. The minimum absolute atomic E-state index is 0.0708. The number of hydrogen-bond acceptors (Lipinski definition) is 3. The van der Waals surface area contributed by atoms with Gasteiger partial charge in [0.2, 0.25) is 5.91 Å². The highest BCUT2D eigenvalue weighted by atomic mass is 35.5. The summed E-state index contributed by atoms with van der Waals surface area (Å²) in [6.07, 6.45) is -0.144. The standard InChI is InChI=1S/C12H14ClNO4/c1-8(15)14(6-5-12(16)17)10-7-9(13)3-4-11(10)18-2/h3-4,7H,5-6H2,1-2H3,(H,16,17). The van der Waals surface area contributed by atoms with Gasteiger partial charge in [-0.2, -0.15) is 0 Å². The number of carboxylic acid groups (broad SMARTS) is 1. The molecular formula is C12H14ClNO4. The van der Waals surface area contributed by atoms with Gasteiger partial charge in [0, 0.05) is 18.5 Å². The van der Waals surface area contributed by atoms with Crippen molar-refractivity contribution in [1.82, 2.24) is 0 Å². The quantitative estimate of drug-likeness (QED) is 0.891. The van der Waals surface area contributed by atoms with Gasteiger partial charge in [0.05, 0.1) is 19.2 Å². The summed E-state index contributed by atoms with van der Waals surface area (Å²) in [7, 11) is 1.47. The van der Waals surface area contributed by atoms with Crippen molar-refractivity contribution in [2.45, 2.75) is 13.3 Å². The van der Waals surface area contributed by atoms with Crippen LogP contribution in [0.25, 0.3) is 0 Å². The first kappa shape index (κ1) is 14.3.